The fourth-order valence-electron chi connectivity index (χ4n) is 1.75. The molecular weight excluding hydrogens is 205 g/mol. The van der Waals surface area contributed by atoms with Gasteiger partial charge in [0.25, 0.3) is 0 Å². The second kappa shape index (κ2) is 5.28. The predicted molar refractivity (Wildman–Crippen MR) is 63.8 cm³/mol. The Bertz CT molecular complexity index is 320. The summed E-state index contributed by atoms with van der Waals surface area (Å²) in [7, 11) is 3.31. The summed E-state index contributed by atoms with van der Waals surface area (Å²) in [5.74, 6) is -0.442. The van der Waals surface area contributed by atoms with Crippen molar-refractivity contribution in [2.75, 3.05) is 14.1 Å². The van der Waals surface area contributed by atoms with E-state index in [9.17, 15) is 9.18 Å². The van der Waals surface area contributed by atoms with E-state index in [2.05, 4.69) is 13.8 Å². The van der Waals surface area contributed by atoms with E-state index in [0.717, 1.165) is 12.0 Å². The number of alkyl halides is 1. The molecule has 2 nitrogen and oxygen atoms in total. The molecule has 0 aromatic rings. The summed E-state index contributed by atoms with van der Waals surface area (Å²) in [5.41, 5.74) is 1.07. The molecule has 1 rings (SSSR count). The SMILES string of the molecule is CCC(C)C1=CC(C(=O)N(C)C)C(F)C=C1. The van der Waals surface area contributed by atoms with Crippen molar-refractivity contribution < 1.29 is 9.18 Å². The van der Waals surface area contributed by atoms with Crippen molar-refractivity contribution >= 4 is 5.91 Å². The molecule has 1 amide bonds. The molecule has 0 saturated carbocycles. The van der Waals surface area contributed by atoms with E-state index in [-0.39, 0.29) is 5.91 Å². The zero-order valence-electron chi connectivity index (χ0n) is 10.4. The van der Waals surface area contributed by atoms with Gasteiger partial charge in [0.05, 0.1) is 5.92 Å². The van der Waals surface area contributed by atoms with Gasteiger partial charge < -0.3 is 4.90 Å². The molecule has 90 valence electrons. The molecule has 3 heteroatoms. The van der Waals surface area contributed by atoms with E-state index in [1.54, 1.807) is 26.2 Å². The highest BCUT2D eigenvalue weighted by atomic mass is 19.1. The molecule has 0 heterocycles. The van der Waals surface area contributed by atoms with Crippen LogP contribution >= 0.6 is 0 Å². The molecule has 0 N–H and O–H groups in total. The Morgan fingerprint density at radius 2 is 2.19 bits per heavy atom. The summed E-state index contributed by atoms with van der Waals surface area (Å²) in [4.78, 5) is 13.2. The Kier molecular flexibility index (Phi) is 4.27. The van der Waals surface area contributed by atoms with E-state index < -0.39 is 12.1 Å². The van der Waals surface area contributed by atoms with Crippen LogP contribution in [0.3, 0.4) is 0 Å². The zero-order chi connectivity index (χ0) is 12.3. The molecule has 0 aliphatic heterocycles. The average Bonchev–Trinajstić information content (AvgIpc) is 2.27. The number of allylic oxidation sites excluding steroid dienone is 3. The van der Waals surface area contributed by atoms with Crippen molar-refractivity contribution in [3.8, 4) is 0 Å². The standard InChI is InChI=1S/C13H20FNO/c1-5-9(2)10-6-7-12(14)11(8-10)13(16)15(3)4/h6-9,11-12H,5H2,1-4H3. The molecule has 0 aromatic heterocycles. The van der Waals surface area contributed by atoms with Crippen LogP contribution in [0.15, 0.2) is 23.8 Å². The van der Waals surface area contributed by atoms with Crippen LogP contribution in [-0.4, -0.2) is 31.1 Å². The van der Waals surface area contributed by atoms with E-state index in [4.69, 9.17) is 0 Å². The smallest absolute Gasteiger partial charge is 0.232 e. The van der Waals surface area contributed by atoms with Gasteiger partial charge in [-0.3, -0.25) is 4.79 Å². The van der Waals surface area contributed by atoms with E-state index in [1.165, 1.54) is 11.0 Å². The number of carbonyl (C=O) groups is 1. The normalized spacial score (nSPS) is 26.2. The van der Waals surface area contributed by atoms with Crippen molar-refractivity contribution in [1.82, 2.24) is 4.90 Å². The summed E-state index contributed by atoms with van der Waals surface area (Å²) in [6.45, 7) is 4.18. The van der Waals surface area contributed by atoms with E-state index >= 15 is 0 Å². The first-order chi connectivity index (χ1) is 7.47. The van der Waals surface area contributed by atoms with Gasteiger partial charge in [0, 0.05) is 14.1 Å². The summed E-state index contributed by atoms with van der Waals surface area (Å²) in [5, 5.41) is 0. The molecule has 3 unspecified atom stereocenters. The second-order valence-electron chi connectivity index (χ2n) is 4.54. The van der Waals surface area contributed by atoms with Gasteiger partial charge in [-0.2, -0.15) is 0 Å². The number of hydrogen-bond acceptors (Lipinski definition) is 1. The van der Waals surface area contributed by atoms with Gasteiger partial charge in [-0.1, -0.05) is 26.0 Å². The quantitative estimate of drug-likeness (QED) is 0.723. The monoisotopic (exact) mass is 225 g/mol. The van der Waals surface area contributed by atoms with Crippen LogP contribution in [0.4, 0.5) is 4.39 Å². The van der Waals surface area contributed by atoms with Gasteiger partial charge >= 0.3 is 0 Å². The molecule has 0 spiro atoms. The number of nitrogens with zero attached hydrogens (tertiary/aromatic N) is 1. The largest absolute Gasteiger partial charge is 0.348 e. The van der Waals surface area contributed by atoms with Crippen LogP contribution in [0.5, 0.6) is 0 Å². The number of amides is 1. The first kappa shape index (κ1) is 12.9. The number of rotatable bonds is 3. The minimum Gasteiger partial charge on any atom is -0.348 e. The first-order valence-electron chi connectivity index (χ1n) is 5.72. The summed E-state index contributed by atoms with van der Waals surface area (Å²) in [6.07, 6.45) is 4.88. The molecule has 1 aliphatic carbocycles. The highest BCUT2D eigenvalue weighted by Crippen LogP contribution is 2.27. The van der Waals surface area contributed by atoms with Gasteiger partial charge in [0.1, 0.15) is 6.17 Å². The van der Waals surface area contributed by atoms with Crippen molar-refractivity contribution in [3.63, 3.8) is 0 Å². The molecular formula is C13H20FNO. The maximum Gasteiger partial charge on any atom is 0.232 e. The molecule has 1 aliphatic rings. The predicted octanol–water partition coefficient (Wildman–Crippen LogP) is 2.57. The van der Waals surface area contributed by atoms with Crippen LogP contribution in [0.1, 0.15) is 20.3 Å². The Morgan fingerprint density at radius 3 is 2.69 bits per heavy atom. The zero-order valence-corrected chi connectivity index (χ0v) is 10.4. The van der Waals surface area contributed by atoms with Crippen LogP contribution < -0.4 is 0 Å². The number of halogens is 1. The maximum absolute atomic E-state index is 13.6. The van der Waals surface area contributed by atoms with Gasteiger partial charge in [0.15, 0.2) is 0 Å². The van der Waals surface area contributed by atoms with Crippen LogP contribution in [-0.2, 0) is 4.79 Å². The van der Waals surface area contributed by atoms with Crippen LogP contribution in [0.2, 0.25) is 0 Å². The Hall–Kier alpha value is -1.12. The maximum atomic E-state index is 13.6. The Labute approximate surface area is 96.8 Å². The third-order valence-corrected chi connectivity index (χ3v) is 3.09. The fourth-order valence-corrected chi connectivity index (χ4v) is 1.75. The molecule has 0 saturated heterocycles. The average molecular weight is 225 g/mol. The van der Waals surface area contributed by atoms with Crippen molar-refractivity contribution in [2.45, 2.75) is 26.4 Å². The lowest BCUT2D eigenvalue weighted by atomic mass is 9.87. The van der Waals surface area contributed by atoms with Gasteiger partial charge in [-0.05, 0) is 24.0 Å². The van der Waals surface area contributed by atoms with Crippen molar-refractivity contribution in [3.05, 3.63) is 23.8 Å². The summed E-state index contributed by atoms with van der Waals surface area (Å²) >= 11 is 0. The number of hydrogen-bond donors (Lipinski definition) is 0. The van der Waals surface area contributed by atoms with Gasteiger partial charge in [-0.15, -0.1) is 0 Å². The lowest BCUT2D eigenvalue weighted by Crippen LogP contribution is -2.34. The lowest BCUT2D eigenvalue weighted by molar-refractivity contribution is -0.132. The molecule has 3 atom stereocenters. The fraction of sp³-hybridized carbons (Fsp3) is 0.615. The van der Waals surface area contributed by atoms with Crippen molar-refractivity contribution in [1.29, 1.82) is 0 Å². The minimum absolute atomic E-state index is 0.169. The van der Waals surface area contributed by atoms with Gasteiger partial charge in [-0.25, -0.2) is 4.39 Å². The summed E-state index contributed by atoms with van der Waals surface area (Å²) < 4.78 is 13.6. The lowest BCUT2D eigenvalue weighted by Gasteiger charge is -2.24. The van der Waals surface area contributed by atoms with Gasteiger partial charge in [0.2, 0.25) is 5.91 Å². The molecule has 16 heavy (non-hydrogen) atoms. The first-order valence-corrected chi connectivity index (χ1v) is 5.72. The molecule has 0 fully saturated rings. The Morgan fingerprint density at radius 1 is 1.56 bits per heavy atom. The van der Waals surface area contributed by atoms with Crippen LogP contribution in [0, 0.1) is 11.8 Å². The highest BCUT2D eigenvalue weighted by molar-refractivity contribution is 5.81. The summed E-state index contributed by atoms with van der Waals surface area (Å²) in [6, 6.07) is 0. The minimum atomic E-state index is -1.19. The second-order valence-corrected chi connectivity index (χ2v) is 4.54. The van der Waals surface area contributed by atoms with Crippen molar-refractivity contribution in [2.24, 2.45) is 11.8 Å². The molecule has 0 radical (unpaired) electrons. The number of carbonyl (C=O) groups excluding carboxylic acids is 1. The van der Waals surface area contributed by atoms with E-state index in [0.29, 0.717) is 5.92 Å². The topological polar surface area (TPSA) is 20.3 Å². The molecule has 0 bridgehead atoms. The van der Waals surface area contributed by atoms with Crippen LogP contribution in [0.25, 0.3) is 0 Å². The third kappa shape index (κ3) is 2.71. The Balaban J connectivity index is 2.88. The third-order valence-electron chi connectivity index (χ3n) is 3.09. The highest BCUT2D eigenvalue weighted by Gasteiger charge is 2.29. The molecule has 0 aromatic carbocycles. The van der Waals surface area contributed by atoms with E-state index in [1.807, 2.05) is 0 Å².